The van der Waals surface area contributed by atoms with Gasteiger partial charge in [0.2, 0.25) is 0 Å². The highest BCUT2D eigenvalue weighted by atomic mass is 16.5. The van der Waals surface area contributed by atoms with Gasteiger partial charge in [0.25, 0.3) is 5.78 Å². The van der Waals surface area contributed by atoms with Crippen molar-refractivity contribution in [3.8, 4) is 0 Å². The summed E-state index contributed by atoms with van der Waals surface area (Å²) in [5, 5.41) is 15.2. The Hall–Kier alpha value is -1.76. The third kappa shape index (κ3) is 2.58. The van der Waals surface area contributed by atoms with Crippen LogP contribution in [-0.2, 0) is 17.6 Å². The van der Waals surface area contributed by atoms with E-state index in [9.17, 15) is 0 Å². The Kier molecular flexibility index (Phi) is 4.05. The molecule has 0 aliphatic heterocycles. The number of anilines is 1. The average Bonchev–Trinajstić information content (AvgIpc) is 2.94. The summed E-state index contributed by atoms with van der Waals surface area (Å²) in [6.07, 6.45) is 5.43. The fourth-order valence-corrected chi connectivity index (χ4v) is 2.62. The molecule has 7 nitrogen and oxygen atoms in total. The Labute approximate surface area is 117 Å². The Morgan fingerprint density at radius 3 is 3.10 bits per heavy atom. The van der Waals surface area contributed by atoms with E-state index in [2.05, 4.69) is 25.8 Å². The molecule has 0 unspecified atom stereocenters. The maximum absolute atomic E-state index is 5.36. The SMILES string of the molecule is CCOCCCNc1c2c(nc3nnnn13)CCCC2. The normalized spacial score (nSPS) is 14.4. The molecule has 1 N–H and O–H groups in total. The molecule has 20 heavy (non-hydrogen) atoms. The van der Waals surface area contributed by atoms with Crippen LogP contribution in [0.1, 0.15) is 37.4 Å². The third-order valence-electron chi connectivity index (χ3n) is 3.59. The molecule has 0 saturated carbocycles. The molecule has 2 aromatic heterocycles. The van der Waals surface area contributed by atoms with Crippen LogP contribution in [-0.4, -0.2) is 44.8 Å². The molecular formula is C13H20N6O. The van der Waals surface area contributed by atoms with E-state index in [1.807, 2.05) is 6.92 Å². The number of hydrogen-bond donors (Lipinski definition) is 1. The summed E-state index contributed by atoms with van der Waals surface area (Å²) in [5.41, 5.74) is 2.42. The number of ether oxygens (including phenoxy) is 1. The largest absolute Gasteiger partial charge is 0.382 e. The fourth-order valence-electron chi connectivity index (χ4n) is 2.62. The Morgan fingerprint density at radius 2 is 2.20 bits per heavy atom. The van der Waals surface area contributed by atoms with E-state index in [0.717, 1.165) is 50.5 Å². The molecule has 0 amide bonds. The highest BCUT2D eigenvalue weighted by molar-refractivity contribution is 5.53. The molecule has 0 spiro atoms. The quantitative estimate of drug-likeness (QED) is 0.800. The fraction of sp³-hybridized carbons (Fsp3) is 0.692. The van der Waals surface area contributed by atoms with Crippen LogP contribution in [0.15, 0.2) is 0 Å². The van der Waals surface area contributed by atoms with Crippen LogP contribution >= 0.6 is 0 Å². The van der Waals surface area contributed by atoms with E-state index < -0.39 is 0 Å². The molecule has 0 fully saturated rings. The summed E-state index contributed by atoms with van der Waals surface area (Å²) in [5.74, 6) is 1.59. The summed E-state index contributed by atoms with van der Waals surface area (Å²) in [6.45, 7) is 4.40. The van der Waals surface area contributed by atoms with Crippen LogP contribution in [0.4, 0.5) is 5.82 Å². The molecule has 108 valence electrons. The van der Waals surface area contributed by atoms with Gasteiger partial charge in [0.05, 0.1) is 5.69 Å². The smallest absolute Gasteiger partial charge is 0.275 e. The van der Waals surface area contributed by atoms with Gasteiger partial charge in [0, 0.05) is 25.3 Å². The molecule has 0 aromatic carbocycles. The van der Waals surface area contributed by atoms with Crippen molar-refractivity contribution in [2.75, 3.05) is 25.1 Å². The Balaban J connectivity index is 1.81. The minimum absolute atomic E-state index is 0.581. The van der Waals surface area contributed by atoms with E-state index in [1.54, 1.807) is 4.52 Å². The highest BCUT2D eigenvalue weighted by Gasteiger charge is 2.19. The van der Waals surface area contributed by atoms with Gasteiger partial charge in [-0.05, 0) is 49.5 Å². The van der Waals surface area contributed by atoms with Gasteiger partial charge < -0.3 is 10.1 Å². The van der Waals surface area contributed by atoms with Gasteiger partial charge in [-0.2, -0.15) is 4.52 Å². The first-order chi connectivity index (χ1) is 9.90. The van der Waals surface area contributed by atoms with E-state index in [4.69, 9.17) is 4.74 Å². The van der Waals surface area contributed by atoms with Crippen molar-refractivity contribution in [2.45, 2.75) is 39.0 Å². The number of tetrazole rings is 1. The van der Waals surface area contributed by atoms with Gasteiger partial charge >= 0.3 is 0 Å². The van der Waals surface area contributed by atoms with Gasteiger partial charge in [-0.25, -0.2) is 4.98 Å². The molecule has 0 atom stereocenters. The maximum Gasteiger partial charge on any atom is 0.275 e. The lowest BCUT2D eigenvalue weighted by Gasteiger charge is -2.19. The molecule has 1 aliphatic carbocycles. The van der Waals surface area contributed by atoms with Crippen molar-refractivity contribution >= 4 is 11.6 Å². The zero-order chi connectivity index (χ0) is 13.8. The molecule has 7 heteroatoms. The van der Waals surface area contributed by atoms with E-state index in [-0.39, 0.29) is 0 Å². The number of fused-ring (bicyclic) bond motifs is 2. The molecule has 0 saturated heterocycles. The molecular weight excluding hydrogens is 256 g/mol. The number of aromatic nitrogens is 5. The lowest BCUT2D eigenvalue weighted by molar-refractivity contribution is 0.147. The first-order valence-electron chi connectivity index (χ1n) is 7.31. The van der Waals surface area contributed by atoms with Crippen LogP contribution in [0.3, 0.4) is 0 Å². The van der Waals surface area contributed by atoms with Gasteiger partial charge in [-0.1, -0.05) is 5.10 Å². The van der Waals surface area contributed by atoms with Crippen LogP contribution in [0.2, 0.25) is 0 Å². The number of rotatable bonds is 6. The van der Waals surface area contributed by atoms with Crippen molar-refractivity contribution in [1.82, 2.24) is 25.0 Å². The number of hydrogen-bond acceptors (Lipinski definition) is 6. The van der Waals surface area contributed by atoms with Gasteiger partial charge in [-0.3, -0.25) is 0 Å². The summed E-state index contributed by atoms with van der Waals surface area (Å²) >= 11 is 0. The second kappa shape index (κ2) is 6.13. The van der Waals surface area contributed by atoms with Crippen LogP contribution in [0.5, 0.6) is 0 Å². The van der Waals surface area contributed by atoms with Gasteiger partial charge in [-0.15, -0.1) is 0 Å². The minimum Gasteiger partial charge on any atom is -0.382 e. The van der Waals surface area contributed by atoms with Crippen LogP contribution in [0.25, 0.3) is 5.78 Å². The monoisotopic (exact) mass is 276 g/mol. The highest BCUT2D eigenvalue weighted by Crippen LogP contribution is 2.26. The first kappa shape index (κ1) is 13.2. The zero-order valence-electron chi connectivity index (χ0n) is 11.8. The van der Waals surface area contributed by atoms with Crippen molar-refractivity contribution in [3.63, 3.8) is 0 Å². The van der Waals surface area contributed by atoms with Gasteiger partial charge in [0.1, 0.15) is 5.82 Å². The second-order valence-electron chi connectivity index (χ2n) is 4.96. The minimum atomic E-state index is 0.581. The number of nitrogens with zero attached hydrogens (tertiary/aromatic N) is 5. The third-order valence-corrected chi connectivity index (χ3v) is 3.59. The number of aryl methyl sites for hydroxylation is 1. The lowest BCUT2D eigenvalue weighted by atomic mass is 9.96. The molecule has 3 rings (SSSR count). The summed E-state index contributed by atoms with van der Waals surface area (Å²) in [4.78, 5) is 4.56. The van der Waals surface area contributed by atoms with E-state index >= 15 is 0 Å². The molecule has 0 radical (unpaired) electrons. The average molecular weight is 276 g/mol. The Bertz CT molecular complexity index is 581. The van der Waals surface area contributed by atoms with Crippen molar-refractivity contribution in [2.24, 2.45) is 0 Å². The standard InChI is InChI=1S/C13H20N6O/c1-2-20-9-5-8-14-12-10-6-3-4-7-11(10)15-13-16-17-18-19(12)13/h14H,2-9H2,1H3. The summed E-state index contributed by atoms with van der Waals surface area (Å²) in [7, 11) is 0. The van der Waals surface area contributed by atoms with Crippen molar-refractivity contribution in [1.29, 1.82) is 0 Å². The molecule has 2 aromatic rings. The topological polar surface area (TPSA) is 77.2 Å². The molecule has 1 aliphatic rings. The lowest BCUT2D eigenvalue weighted by Crippen LogP contribution is -2.17. The maximum atomic E-state index is 5.36. The first-order valence-corrected chi connectivity index (χ1v) is 7.31. The van der Waals surface area contributed by atoms with Crippen LogP contribution in [0, 0.1) is 0 Å². The van der Waals surface area contributed by atoms with Crippen LogP contribution < -0.4 is 5.32 Å². The summed E-state index contributed by atoms with van der Waals surface area (Å²) in [6, 6.07) is 0. The zero-order valence-corrected chi connectivity index (χ0v) is 11.8. The summed E-state index contributed by atoms with van der Waals surface area (Å²) < 4.78 is 7.07. The van der Waals surface area contributed by atoms with E-state index in [1.165, 1.54) is 18.4 Å². The van der Waals surface area contributed by atoms with E-state index in [0.29, 0.717) is 5.78 Å². The van der Waals surface area contributed by atoms with Crippen molar-refractivity contribution in [3.05, 3.63) is 11.3 Å². The Morgan fingerprint density at radius 1 is 1.30 bits per heavy atom. The van der Waals surface area contributed by atoms with Crippen molar-refractivity contribution < 1.29 is 4.74 Å². The number of nitrogens with one attached hydrogen (secondary N) is 1. The predicted molar refractivity (Wildman–Crippen MR) is 74.8 cm³/mol. The van der Waals surface area contributed by atoms with Gasteiger partial charge in [0.15, 0.2) is 0 Å². The second-order valence-corrected chi connectivity index (χ2v) is 4.96. The predicted octanol–water partition coefficient (Wildman–Crippen LogP) is 1.24. The molecule has 0 bridgehead atoms. The molecule has 2 heterocycles.